The van der Waals surface area contributed by atoms with E-state index in [-0.39, 0.29) is 23.8 Å². The first-order valence-corrected chi connectivity index (χ1v) is 13.5. The Balaban J connectivity index is 0.00000240. The lowest BCUT2D eigenvalue weighted by atomic mass is 9.48. The van der Waals surface area contributed by atoms with Gasteiger partial charge in [-0.1, -0.05) is 36.4 Å². The largest absolute Gasteiger partial charge is 0.493 e. The van der Waals surface area contributed by atoms with E-state index >= 15 is 0 Å². The maximum absolute atomic E-state index is 13.4. The summed E-state index contributed by atoms with van der Waals surface area (Å²) in [6.07, 6.45) is 7.43. The van der Waals surface area contributed by atoms with Gasteiger partial charge in [0.05, 0.1) is 18.1 Å². The van der Waals surface area contributed by atoms with Crippen LogP contribution in [0.2, 0.25) is 0 Å². The number of ketones is 1. The number of ether oxygens (including phenoxy) is 3. The molecule has 4 atom stereocenters. The number of carbonyl (C=O) groups is 1. The summed E-state index contributed by atoms with van der Waals surface area (Å²) < 4.78 is 19.4. The van der Waals surface area contributed by atoms with Crippen LogP contribution in [0.3, 0.4) is 0 Å². The molecule has 0 aromatic heterocycles. The minimum Gasteiger partial charge on any atom is -0.493 e. The van der Waals surface area contributed by atoms with E-state index in [0.29, 0.717) is 19.1 Å². The summed E-state index contributed by atoms with van der Waals surface area (Å²) >= 11 is 0. The fraction of sp³-hybridized carbons (Fsp3) is 0.567. The van der Waals surface area contributed by atoms with Crippen LogP contribution in [-0.2, 0) is 27.8 Å². The molecule has 1 spiro atoms. The summed E-state index contributed by atoms with van der Waals surface area (Å²) in [4.78, 5) is 16.1. The molecule has 1 saturated heterocycles. The number of methoxy groups -OCH3 is 1. The number of hydrogen-bond donors (Lipinski definition) is 0. The Morgan fingerprint density at radius 3 is 2.72 bits per heavy atom. The monoisotopic (exact) mass is 509 g/mol. The average molecular weight is 510 g/mol. The van der Waals surface area contributed by atoms with Crippen LogP contribution in [0.15, 0.2) is 42.5 Å². The lowest BCUT2D eigenvalue weighted by Crippen LogP contribution is -2.77. The van der Waals surface area contributed by atoms with Crippen molar-refractivity contribution in [2.75, 3.05) is 26.8 Å². The van der Waals surface area contributed by atoms with Gasteiger partial charge in [0.25, 0.3) is 0 Å². The maximum atomic E-state index is 13.4. The van der Waals surface area contributed by atoms with Crippen molar-refractivity contribution >= 4 is 18.2 Å². The first kappa shape index (κ1) is 24.3. The zero-order chi connectivity index (χ0) is 23.6. The molecule has 2 aromatic carbocycles. The second kappa shape index (κ2) is 9.04. The summed E-state index contributed by atoms with van der Waals surface area (Å²) in [6, 6.07) is 15.2. The van der Waals surface area contributed by atoms with Gasteiger partial charge < -0.3 is 14.2 Å². The highest BCUT2D eigenvalue weighted by Gasteiger charge is 2.74. The number of aryl methyl sites for hydroxylation is 1. The number of nitrogens with zero attached hydrogens (tertiary/aromatic N) is 1. The third-order valence-electron chi connectivity index (χ3n) is 9.54. The SMILES string of the molecule is COc1ccc2c3c1OC1C(=O)CC[C@@]4(OCCCc5ccccc5)[C@@H](C2)N(CC2CC2)CC[C@]314.Cl. The smallest absolute Gasteiger partial charge is 0.174 e. The summed E-state index contributed by atoms with van der Waals surface area (Å²) in [7, 11) is 1.69. The minimum absolute atomic E-state index is 0. The first-order valence-electron chi connectivity index (χ1n) is 13.5. The maximum Gasteiger partial charge on any atom is 0.174 e. The molecule has 2 aromatic rings. The molecular formula is C30H36ClNO4. The number of halogens is 1. The molecule has 0 N–H and O–H groups in total. The predicted octanol–water partition coefficient (Wildman–Crippen LogP) is 4.91. The average Bonchev–Trinajstić information content (AvgIpc) is 3.63. The fourth-order valence-corrected chi connectivity index (χ4v) is 7.86. The highest BCUT2D eigenvalue weighted by molar-refractivity contribution is 5.90. The lowest BCUT2D eigenvalue weighted by molar-refractivity contribution is -0.213. The van der Waals surface area contributed by atoms with E-state index in [2.05, 4.69) is 41.3 Å². The standard InChI is InChI=1S/C30H35NO4.ClH/c1-33-24-12-11-22-18-25-30(34-17-5-8-20-6-3-2-4-7-20)14-13-23(32)28-29(30,26(22)27(24)35-28)15-16-31(25)19-21-9-10-21;/h2-4,6-7,11-12,21,25,28H,5,8-10,13-19H2,1H3;1H/t25-,28?,29+,30-;/m1./s1. The lowest BCUT2D eigenvalue weighted by Gasteiger charge is -2.64. The van der Waals surface area contributed by atoms with E-state index < -0.39 is 11.5 Å². The van der Waals surface area contributed by atoms with Gasteiger partial charge in [0.1, 0.15) is 0 Å². The molecule has 2 aliphatic heterocycles. The van der Waals surface area contributed by atoms with Gasteiger partial charge in [-0.15, -0.1) is 12.4 Å². The van der Waals surface area contributed by atoms with Crippen LogP contribution < -0.4 is 9.47 Å². The van der Waals surface area contributed by atoms with Crippen LogP contribution in [0.5, 0.6) is 11.5 Å². The normalized spacial score (nSPS) is 31.9. The third-order valence-corrected chi connectivity index (χ3v) is 9.54. The Hall–Kier alpha value is -2.08. The van der Waals surface area contributed by atoms with Gasteiger partial charge in [-0.3, -0.25) is 9.69 Å². The predicted molar refractivity (Wildman–Crippen MR) is 140 cm³/mol. The zero-order valence-corrected chi connectivity index (χ0v) is 21.9. The summed E-state index contributed by atoms with van der Waals surface area (Å²) in [6.45, 7) is 2.88. The van der Waals surface area contributed by atoms with E-state index in [1.54, 1.807) is 7.11 Å². The van der Waals surface area contributed by atoms with Crippen molar-refractivity contribution in [3.8, 4) is 11.5 Å². The van der Waals surface area contributed by atoms with Gasteiger partial charge in [-0.05, 0) is 74.6 Å². The van der Waals surface area contributed by atoms with Gasteiger partial charge in [0.15, 0.2) is 23.4 Å². The quantitative estimate of drug-likeness (QED) is 0.473. The Morgan fingerprint density at radius 2 is 1.94 bits per heavy atom. The van der Waals surface area contributed by atoms with Crippen LogP contribution in [0.25, 0.3) is 0 Å². The Morgan fingerprint density at radius 1 is 1.11 bits per heavy atom. The molecule has 5 nitrogen and oxygen atoms in total. The molecule has 0 amide bonds. The number of likely N-dealkylation sites (tertiary alicyclic amines) is 1. The van der Waals surface area contributed by atoms with E-state index in [1.165, 1.54) is 29.5 Å². The van der Waals surface area contributed by atoms with Crippen LogP contribution in [0.1, 0.15) is 55.2 Å². The minimum atomic E-state index is -0.457. The molecule has 192 valence electrons. The van der Waals surface area contributed by atoms with Crippen molar-refractivity contribution in [3.05, 3.63) is 59.2 Å². The molecule has 3 aliphatic carbocycles. The van der Waals surface area contributed by atoms with Crippen molar-refractivity contribution in [3.63, 3.8) is 0 Å². The molecule has 1 unspecified atom stereocenters. The van der Waals surface area contributed by atoms with Crippen molar-refractivity contribution in [2.45, 2.75) is 74.5 Å². The van der Waals surface area contributed by atoms with Gasteiger partial charge in [-0.25, -0.2) is 0 Å². The van der Waals surface area contributed by atoms with E-state index in [1.807, 2.05) is 6.07 Å². The fourth-order valence-electron chi connectivity index (χ4n) is 7.86. The number of rotatable bonds is 8. The number of hydrogen-bond acceptors (Lipinski definition) is 5. The molecule has 5 aliphatic rings. The molecule has 7 rings (SSSR count). The molecule has 3 fully saturated rings. The van der Waals surface area contributed by atoms with Crippen molar-refractivity contribution in [1.82, 2.24) is 4.90 Å². The number of carbonyl (C=O) groups excluding carboxylic acids is 1. The number of benzene rings is 2. The van der Waals surface area contributed by atoms with E-state index in [0.717, 1.165) is 62.6 Å². The zero-order valence-electron chi connectivity index (χ0n) is 21.0. The molecule has 2 heterocycles. The van der Waals surface area contributed by atoms with Crippen molar-refractivity contribution < 1.29 is 19.0 Å². The molecule has 0 radical (unpaired) electrons. The Labute approximate surface area is 219 Å². The van der Waals surface area contributed by atoms with Crippen LogP contribution >= 0.6 is 12.4 Å². The topological polar surface area (TPSA) is 48.0 Å². The summed E-state index contributed by atoms with van der Waals surface area (Å²) in [5.74, 6) is 2.61. The highest BCUT2D eigenvalue weighted by Crippen LogP contribution is 2.66. The molecular weight excluding hydrogens is 474 g/mol. The van der Waals surface area contributed by atoms with Crippen LogP contribution in [0, 0.1) is 5.92 Å². The van der Waals surface area contributed by atoms with E-state index in [4.69, 9.17) is 14.2 Å². The summed E-state index contributed by atoms with van der Waals surface area (Å²) in [5, 5.41) is 0. The number of Topliss-reactive ketones (excluding diaryl/α,β-unsaturated/α-hetero) is 1. The van der Waals surface area contributed by atoms with Gasteiger partial charge in [0, 0.05) is 31.2 Å². The van der Waals surface area contributed by atoms with E-state index in [9.17, 15) is 4.79 Å². The van der Waals surface area contributed by atoms with Crippen molar-refractivity contribution in [2.24, 2.45) is 5.92 Å². The highest BCUT2D eigenvalue weighted by atomic mass is 35.5. The number of piperidine rings is 1. The second-order valence-electron chi connectivity index (χ2n) is 11.3. The Bertz CT molecular complexity index is 1150. The molecule has 2 saturated carbocycles. The van der Waals surface area contributed by atoms with Gasteiger partial charge in [0.2, 0.25) is 0 Å². The summed E-state index contributed by atoms with van der Waals surface area (Å²) in [5.41, 5.74) is 3.11. The van der Waals surface area contributed by atoms with Crippen LogP contribution in [-0.4, -0.2) is 55.2 Å². The molecule has 36 heavy (non-hydrogen) atoms. The first-order chi connectivity index (χ1) is 17.2. The molecule has 2 bridgehead atoms. The van der Waals surface area contributed by atoms with Crippen LogP contribution in [0.4, 0.5) is 0 Å². The van der Waals surface area contributed by atoms with Crippen molar-refractivity contribution in [1.29, 1.82) is 0 Å². The molecule has 6 heteroatoms. The Kier molecular flexibility index (Phi) is 6.09. The second-order valence-corrected chi connectivity index (χ2v) is 11.3. The van der Waals surface area contributed by atoms with Gasteiger partial charge in [-0.2, -0.15) is 0 Å². The van der Waals surface area contributed by atoms with Gasteiger partial charge >= 0.3 is 0 Å². The third kappa shape index (κ3) is 3.39.